The van der Waals surface area contributed by atoms with Gasteiger partial charge in [-0.3, -0.25) is 4.79 Å². The Kier molecular flexibility index (Phi) is 9.05. The molecule has 0 fully saturated rings. The molecule has 14 heteroatoms. The minimum Gasteiger partial charge on any atom is -0.460 e. The molecule has 1 N–H and O–H groups in total. The van der Waals surface area contributed by atoms with Gasteiger partial charge in [-0.05, 0) is 71.0 Å². The molecule has 0 aliphatic heterocycles. The van der Waals surface area contributed by atoms with Crippen LogP contribution >= 0.6 is 11.6 Å². The van der Waals surface area contributed by atoms with Crippen LogP contribution in [0.5, 0.6) is 11.6 Å². The second-order valence-electron chi connectivity index (χ2n) is 10.5. The number of rotatable bonds is 8. The smallest absolute Gasteiger partial charge is 0.407 e. The van der Waals surface area contributed by atoms with Gasteiger partial charge in [0.25, 0.3) is 5.88 Å². The van der Waals surface area contributed by atoms with E-state index in [2.05, 4.69) is 25.7 Å². The highest BCUT2D eigenvalue weighted by Gasteiger charge is 2.25. The SMILES string of the molecule is CC(C)(C)OC(=O)C[C@@H](Cn1nnc(-c2ccc(Oc3ncc(Cl)cc3F)c(F)c2)n1)NC(=O)OC(C)(C)C. The number of aromatic nitrogens is 5. The van der Waals surface area contributed by atoms with Gasteiger partial charge in [-0.1, -0.05) is 11.6 Å². The van der Waals surface area contributed by atoms with Crippen molar-refractivity contribution in [1.82, 2.24) is 30.5 Å². The van der Waals surface area contributed by atoms with Crippen LogP contribution in [0.3, 0.4) is 0 Å². The fraction of sp³-hybridized carbons (Fsp3) is 0.440. The van der Waals surface area contributed by atoms with E-state index in [9.17, 15) is 18.4 Å². The fourth-order valence-electron chi connectivity index (χ4n) is 3.16. The summed E-state index contributed by atoms with van der Waals surface area (Å²) in [5, 5.41) is 14.8. The molecule has 39 heavy (non-hydrogen) atoms. The highest BCUT2D eigenvalue weighted by molar-refractivity contribution is 6.30. The average molecular weight is 567 g/mol. The standard InChI is InChI=1S/C25H29ClF2N6O5/c1-24(2,3)38-20(35)11-16(30-23(36)39-25(4,5)6)13-34-32-21(31-33-34)14-7-8-19(17(27)9-14)37-22-18(28)10-15(26)12-29-22/h7-10,12,16H,11,13H2,1-6H3,(H,30,36)/t16-/m0/s1. The minimum absolute atomic E-state index is 0.0589. The summed E-state index contributed by atoms with van der Waals surface area (Å²) < 4.78 is 44.5. The second-order valence-corrected chi connectivity index (χ2v) is 10.9. The summed E-state index contributed by atoms with van der Waals surface area (Å²) in [6, 6.07) is 3.99. The molecule has 3 aromatic rings. The van der Waals surface area contributed by atoms with E-state index < -0.39 is 46.8 Å². The summed E-state index contributed by atoms with van der Waals surface area (Å²) in [5.74, 6) is -2.88. The molecule has 11 nitrogen and oxygen atoms in total. The maximum Gasteiger partial charge on any atom is 0.407 e. The summed E-state index contributed by atoms with van der Waals surface area (Å²) in [4.78, 5) is 29.6. The van der Waals surface area contributed by atoms with Gasteiger partial charge in [0.1, 0.15) is 11.2 Å². The molecule has 210 valence electrons. The maximum atomic E-state index is 14.7. The predicted molar refractivity (Wildman–Crippen MR) is 136 cm³/mol. The Morgan fingerprint density at radius 1 is 1.05 bits per heavy atom. The Hall–Kier alpha value is -3.87. The van der Waals surface area contributed by atoms with Gasteiger partial charge in [0.2, 0.25) is 5.82 Å². The Balaban J connectivity index is 1.74. The molecule has 3 rings (SSSR count). The van der Waals surface area contributed by atoms with Crippen LogP contribution in [0, 0.1) is 11.6 Å². The summed E-state index contributed by atoms with van der Waals surface area (Å²) in [6.45, 7) is 10.2. The quantitative estimate of drug-likeness (QED) is 0.371. The predicted octanol–water partition coefficient (Wildman–Crippen LogP) is 5.08. The average Bonchev–Trinajstić information content (AvgIpc) is 3.22. The molecule has 0 spiro atoms. The van der Waals surface area contributed by atoms with E-state index >= 15 is 0 Å². The number of nitrogens with one attached hydrogen (secondary N) is 1. The number of halogens is 3. The van der Waals surface area contributed by atoms with Crippen LogP contribution in [0.4, 0.5) is 13.6 Å². The number of nitrogens with zero attached hydrogens (tertiary/aromatic N) is 5. The molecule has 1 aromatic carbocycles. The first-order chi connectivity index (χ1) is 18.1. The Morgan fingerprint density at radius 2 is 1.74 bits per heavy atom. The minimum atomic E-state index is -0.850. The van der Waals surface area contributed by atoms with Gasteiger partial charge in [0.05, 0.1) is 24.0 Å². The highest BCUT2D eigenvalue weighted by atomic mass is 35.5. The molecule has 1 amide bonds. The van der Waals surface area contributed by atoms with Crippen LogP contribution in [0.25, 0.3) is 11.4 Å². The number of ether oxygens (including phenoxy) is 3. The Bertz CT molecular complexity index is 1310. The first-order valence-electron chi connectivity index (χ1n) is 11.9. The number of benzene rings is 1. The third kappa shape index (κ3) is 9.43. The molecular formula is C25H29ClF2N6O5. The number of carbonyl (C=O) groups is 2. The summed E-state index contributed by atoms with van der Waals surface area (Å²) in [6.07, 6.45) is 0.242. The molecule has 0 radical (unpaired) electrons. The first-order valence-corrected chi connectivity index (χ1v) is 12.2. The van der Waals surface area contributed by atoms with E-state index in [0.29, 0.717) is 0 Å². The summed E-state index contributed by atoms with van der Waals surface area (Å²) in [5.41, 5.74) is -1.23. The number of amides is 1. The molecule has 0 unspecified atom stereocenters. The molecule has 0 aliphatic rings. The Labute approximate surface area is 228 Å². The van der Waals surface area contributed by atoms with Gasteiger partial charge >= 0.3 is 12.1 Å². The molecular weight excluding hydrogens is 538 g/mol. The molecule has 2 heterocycles. The van der Waals surface area contributed by atoms with Gasteiger partial charge in [0, 0.05) is 11.8 Å². The fourth-order valence-corrected chi connectivity index (χ4v) is 3.30. The summed E-state index contributed by atoms with van der Waals surface area (Å²) in [7, 11) is 0. The van der Waals surface area contributed by atoms with Crippen molar-refractivity contribution < 1.29 is 32.6 Å². The van der Waals surface area contributed by atoms with Crippen molar-refractivity contribution in [2.45, 2.75) is 71.8 Å². The van der Waals surface area contributed by atoms with Crippen LogP contribution in [0.15, 0.2) is 30.5 Å². The zero-order valence-corrected chi connectivity index (χ0v) is 23.0. The van der Waals surface area contributed by atoms with E-state index in [-0.39, 0.29) is 35.1 Å². The Morgan fingerprint density at radius 3 is 2.36 bits per heavy atom. The number of pyridine rings is 1. The largest absolute Gasteiger partial charge is 0.460 e. The zero-order chi connectivity index (χ0) is 29.0. The van der Waals surface area contributed by atoms with Crippen LogP contribution in [-0.4, -0.2) is 54.5 Å². The molecule has 0 saturated heterocycles. The number of hydrogen-bond donors (Lipinski definition) is 1. The van der Waals surface area contributed by atoms with E-state index in [0.717, 1.165) is 16.9 Å². The van der Waals surface area contributed by atoms with Gasteiger partial charge in [-0.15, -0.1) is 10.2 Å². The monoisotopic (exact) mass is 566 g/mol. The van der Waals surface area contributed by atoms with Crippen LogP contribution in [0.1, 0.15) is 48.0 Å². The lowest BCUT2D eigenvalue weighted by Crippen LogP contribution is -2.43. The molecule has 0 bridgehead atoms. The van der Waals surface area contributed by atoms with Gasteiger partial charge in [-0.25, -0.2) is 18.6 Å². The van der Waals surface area contributed by atoms with E-state index in [1.165, 1.54) is 18.3 Å². The van der Waals surface area contributed by atoms with Gasteiger partial charge < -0.3 is 19.5 Å². The number of alkyl carbamates (subject to hydrolysis) is 1. The highest BCUT2D eigenvalue weighted by Crippen LogP contribution is 2.29. The first kappa shape index (κ1) is 29.7. The van der Waals surface area contributed by atoms with Crippen molar-refractivity contribution >= 4 is 23.7 Å². The number of carbonyl (C=O) groups excluding carboxylic acids is 2. The van der Waals surface area contributed by atoms with Crippen molar-refractivity contribution in [2.75, 3.05) is 0 Å². The van der Waals surface area contributed by atoms with Crippen molar-refractivity contribution in [3.05, 3.63) is 47.1 Å². The van der Waals surface area contributed by atoms with Gasteiger partial charge in [-0.2, -0.15) is 4.80 Å². The van der Waals surface area contributed by atoms with Crippen molar-refractivity contribution in [3.8, 4) is 23.0 Å². The third-order valence-electron chi connectivity index (χ3n) is 4.56. The normalized spacial score (nSPS) is 12.5. The molecule has 0 saturated carbocycles. The number of hydrogen-bond acceptors (Lipinski definition) is 9. The van der Waals surface area contributed by atoms with Crippen LogP contribution in [0.2, 0.25) is 5.02 Å². The van der Waals surface area contributed by atoms with E-state index in [1.54, 1.807) is 41.5 Å². The molecule has 0 aliphatic carbocycles. The topological polar surface area (TPSA) is 130 Å². The number of esters is 1. The molecule has 2 aromatic heterocycles. The second kappa shape index (κ2) is 11.9. The van der Waals surface area contributed by atoms with Crippen LogP contribution < -0.4 is 10.1 Å². The lowest BCUT2D eigenvalue weighted by molar-refractivity contribution is -0.155. The maximum absolute atomic E-state index is 14.7. The number of tetrazole rings is 1. The van der Waals surface area contributed by atoms with E-state index in [1.807, 2.05) is 0 Å². The summed E-state index contributed by atoms with van der Waals surface area (Å²) >= 11 is 5.67. The lowest BCUT2D eigenvalue weighted by Gasteiger charge is -2.24. The van der Waals surface area contributed by atoms with Crippen molar-refractivity contribution in [1.29, 1.82) is 0 Å². The van der Waals surface area contributed by atoms with Crippen molar-refractivity contribution in [3.63, 3.8) is 0 Å². The van der Waals surface area contributed by atoms with Gasteiger partial charge in [0.15, 0.2) is 17.4 Å². The van der Waals surface area contributed by atoms with Crippen LogP contribution in [-0.2, 0) is 20.8 Å². The van der Waals surface area contributed by atoms with E-state index in [4.69, 9.17) is 25.8 Å². The molecule has 1 atom stereocenters. The third-order valence-corrected chi connectivity index (χ3v) is 4.77. The lowest BCUT2D eigenvalue weighted by atomic mass is 10.1. The van der Waals surface area contributed by atoms with Crippen molar-refractivity contribution in [2.24, 2.45) is 0 Å². The zero-order valence-electron chi connectivity index (χ0n) is 22.3.